The van der Waals surface area contributed by atoms with Crippen LogP contribution in [0, 0.1) is 20.8 Å². The van der Waals surface area contributed by atoms with Crippen LogP contribution < -0.4 is 10.6 Å². The number of aryl methyl sites for hydroxylation is 3. The lowest BCUT2D eigenvalue weighted by molar-refractivity contribution is 0.102. The van der Waals surface area contributed by atoms with Crippen molar-refractivity contribution < 1.29 is 4.79 Å². The van der Waals surface area contributed by atoms with Crippen LogP contribution in [0.1, 0.15) is 32.6 Å². The molecular formula is C22H23N3O. The molecule has 1 heterocycles. The highest BCUT2D eigenvalue weighted by molar-refractivity contribution is 6.04. The third kappa shape index (κ3) is 4.48. The van der Waals surface area contributed by atoms with Gasteiger partial charge < -0.3 is 10.6 Å². The predicted octanol–water partition coefficient (Wildman–Crippen LogP) is 4.87. The standard InChI is InChI=1S/C22H23N3O/c1-15-4-7-18(8-5-15)13-23-21-11-10-20(14-24-21)25-22(26)19-9-6-16(2)17(3)12-19/h4-12,14H,13H2,1-3H3,(H,23,24)(H,25,26). The second-order valence-corrected chi connectivity index (χ2v) is 6.52. The van der Waals surface area contributed by atoms with E-state index in [-0.39, 0.29) is 5.91 Å². The van der Waals surface area contributed by atoms with Gasteiger partial charge in [-0.05, 0) is 61.7 Å². The third-order valence-electron chi connectivity index (χ3n) is 4.38. The Bertz CT molecular complexity index is 900. The summed E-state index contributed by atoms with van der Waals surface area (Å²) in [5.41, 5.74) is 6.04. The summed E-state index contributed by atoms with van der Waals surface area (Å²) in [5.74, 6) is 0.644. The van der Waals surface area contributed by atoms with Gasteiger partial charge in [0.1, 0.15) is 5.82 Å². The fourth-order valence-electron chi connectivity index (χ4n) is 2.56. The summed E-state index contributed by atoms with van der Waals surface area (Å²) in [4.78, 5) is 16.7. The van der Waals surface area contributed by atoms with E-state index in [1.54, 1.807) is 6.20 Å². The zero-order valence-electron chi connectivity index (χ0n) is 15.3. The number of hydrogen-bond acceptors (Lipinski definition) is 3. The van der Waals surface area contributed by atoms with E-state index in [9.17, 15) is 4.79 Å². The van der Waals surface area contributed by atoms with Crippen molar-refractivity contribution in [2.45, 2.75) is 27.3 Å². The number of amides is 1. The van der Waals surface area contributed by atoms with Crippen LogP contribution in [-0.2, 0) is 6.54 Å². The topological polar surface area (TPSA) is 54.0 Å². The van der Waals surface area contributed by atoms with Gasteiger partial charge in [0.2, 0.25) is 0 Å². The van der Waals surface area contributed by atoms with Crippen molar-refractivity contribution in [2.24, 2.45) is 0 Å². The summed E-state index contributed by atoms with van der Waals surface area (Å²) in [6.07, 6.45) is 1.66. The summed E-state index contributed by atoms with van der Waals surface area (Å²) in [5, 5.41) is 6.17. The number of carbonyl (C=O) groups is 1. The van der Waals surface area contributed by atoms with Crippen LogP contribution >= 0.6 is 0 Å². The lowest BCUT2D eigenvalue weighted by atomic mass is 10.1. The molecule has 0 bridgehead atoms. The molecule has 0 fully saturated rings. The van der Waals surface area contributed by atoms with E-state index in [2.05, 4.69) is 46.8 Å². The number of pyridine rings is 1. The molecule has 2 N–H and O–H groups in total. The van der Waals surface area contributed by atoms with Gasteiger partial charge in [0, 0.05) is 12.1 Å². The number of benzene rings is 2. The zero-order valence-corrected chi connectivity index (χ0v) is 15.3. The maximum atomic E-state index is 12.3. The Kier molecular flexibility index (Phi) is 5.32. The molecule has 1 aromatic heterocycles. The molecule has 0 spiro atoms. The Morgan fingerprint density at radius 2 is 1.69 bits per heavy atom. The highest BCUT2D eigenvalue weighted by atomic mass is 16.1. The number of aromatic nitrogens is 1. The molecule has 0 saturated heterocycles. The minimum absolute atomic E-state index is 0.129. The van der Waals surface area contributed by atoms with Crippen LogP contribution in [0.2, 0.25) is 0 Å². The summed E-state index contributed by atoms with van der Waals surface area (Å²) < 4.78 is 0. The van der Waals surface area contributed by atoms with E-state index in [0.717, 1.165) is 11.4 Å². The highest BCUT2D eigenvalue weighted by Gasteiger charge is 2.07. The second-order valence-electron chi connectivity index (χ2n) is 6.52. The molecule has 132 valence electrons. The zero-order chi connectivity index (χ0) is 18.5. The number of anilines is 2. The fraction of sp³-hybridized carbons (Fsp3) is 0.182. The summed E-state index contributed by atoms with van der Waals surface area (Å²) >= 11 is 0. The number of rotatable bonds is 5. The molecule has 0 radical (unpaired) electrons. The van der Waals surface area contributed by atoms with Crippen molar-refractivity contribution >= 4 is 17.4 Å². The average molecular weight is 345 g/mol. The van der Waals surface area contributed by atoms with Gasteiger partial charge in [0.25, 0.3) is 5.91 Å². The van der Waals surface area contributed by atoms with Crippen molar-refractivity contribution in [1.82, 2.24) is 4.98 Å². The molecular weight excluding hydrogens is 322 g/mol. The van der Waals surface area contributed by atoms with Gasteiger partial charge in [-0.15, -0.1) is 0 Å². The Labute approximate surface area is 154 Å². The first-order chi connectivity index (χ1) is 12.5. The van der Waals surface area contributed by atoms with E-state index >= 15 is 0 Å². The molecule has 3 aromatic rings. The number of hydrogen-bond donors (Lipinski definition) is 2. The molecule has 1 amide bonds. The lowest BCUT2D eigenvalue weighted by Crippen LogP contribution is -2.12. The van der Waals surface area contributed by atoms with Crippen LogP contribution in [0.15, 0.2) is 60.8 Å². The minimum Gasteiger partial charge on any atom is -0.366 e. The largest absolute Gasteiger partial charge is 0.366 e. The third-order valence-corrected chi connectivity index (χ3v) is 4.38. The molecule has 3 rings (SSSR count). The monoisotopic (exact) mass is 345 g/mol. The lowest BCUT2D eigenvalue weighted by Gasteiger charge is -2.09. The normalized spacial score (nSPS) is 10.4. The second kappa shape index (κ2) is 7.83. The van der Waals surface area contributed by atoms with E-state index in [1.165, 1.54) is 16.7 Å². The predicted molar refractivity (Wildman–Crippen MR) is 107 cm³/mol. The van der Waals surface area contributed by atoms with Gasteiger partial charge in [-0.25, -0.2) is 4.98 Å². The molecule has 0 aliphatic rings. The molecule has 4 heteroatoms. The van der Waals surface area contributed by atoms with E-state index in [1.807, 2.05) is 44.2 Å². The van der Waals surface area contributed by atoms with Gasteiger partial charge in [-0.3, -0.25) is 4.79 Å². The Balaban J connectivity index is 1.59. The van der Waals surface area contributed by atoms with Crippen LogP contribution in [-0.4, -0.2) is 10.9 Å². The Morgan fingerprint density at radius 3 is 2.35 bits per heavy atom. The molecule has 0 unspecified atom stereocenters. The molecule has 4 nitrogen and oxygen atoms in total. The van der Waals surface area contributed by atoms with Crippen LogP contribution in [0.25, 0.3) is 0 Å². The molecule has 0 aliphatic heterocycles. The summed E-state index contributed by atoms with van der Waals surface area (Å²) in [6.45, 7) is 6.82. The first-order valence-corrected chi connectivity index (χ1v) is 8.65. The van der Waals surface area contributed by atoms with Crippen LogP contribution in [0.4, 0.5) is 11.5 Å². The van der Waals surface area contributed by atoms with Crippen molar-refractivity contribution in [3.8, 4) is 0 Å². The first-order valence-electron chi connectivity index (χ1n) is 8.65. The van der Waals surface area contributed by atoms with Gasteiger partial charge in [0.05, 0.1) is 11.9 Å². The molecule has 0 atom stereocenters. The van der Waals surface area contributed by atoms with E-state index in [0.29, 0.717) is 17.8 Å². The van der Waals surface area contributed by atoms with Gasteiger partial charge >= 0.3 is 0 Å². The smallest absolute Gasteiger partial charge is 0.255 e. The maximum absolute atomic E-state index is 12.3. The van der Waals surface area contributed by atoms with E-state index in [4.69, 9.17) is 0 Å². The van der Waals surface area contributed by atoms with Crippen LogP contribution in [0.5, 0.6) is 0 Å². The van der Waals surface area contributed by atoms with Crippen LogP contribution in [0.3, 0.4) is 0 Å². The van der Waals surface area contributed by atoms with Gasteiger partial charge in [0.15, 0.2) is 0 Å². The van der Waals surface area contributed by atoms with Gasteiger partial charge in [-0.2, -0.15) is 0 Å². The Hall–Kier alpha value is -3.14. The quantitative estimate of drug-likeness (QED) is 0.693. The molecule has 26 heavy (non-hydrogen) atoms. The average Bonchev–Trinajstić information content (AvgIpc) is 2.64. The fourth-order valence-corrected chi connectivity index (χ4v) is 2.56. The Morgan fingerprint density at radius 1 is 0.923 bits per heavy atom. The molecule has 0 saturated carbocycles. The van der Waals surface area contributed by atoms with E-state index < -0.39 is 0 Å². The van der Waals surface area contributed by atoms with Crippen molar-refractivity contribution in [3.63, 3.8) is 0 Å². The first kappa shape index (κ1) is 17.7. The summed E-state index contributed by atoms with van der Waals surface area (Å²) in [6, 6.07) is 17.8. The number of carbonyl (C=O) groups excluding carboxylic acids is 1. The van der Waals surface area contributed by atoms with Crippen molar-refractivity contribution in [2.75, 3.05) is 10.6 Å². The van der Waals surface area contributed by atoms with Crippen molar-refractivity contribution in [3.05, 3.63) is 88.6 Å². The molecule has 0 aliphatic carbocycles. The van der Waals surface area contributed by atoms with Crippen molar-refractivity contribution in [1.29, 1.82) is 0 Å². The highest BCUT2D eigenvalue weighted by Crippen LogP contribution is 2.15. The molecule has 2 aromatic carbocycles. The SMILES string of the molecule is Cc1ccc(CNc2ccc(NC(=O)c3ccc(C)c(C)c3)cn2)cc1. The number of nitrogens with zero attached hydrogens (tertiary/aromatic N) is 1. The van der Waals surface area contributed by atoms with Gasteiger partial charge in [-0.1, -0.05) is 35.9 Å². The minimum atomic E-state index is -0.129. The number of nitrogens with one attached hydrogen (secondary N) is 2. The maximum Gasteiger partial charge on any atom is 0.255 e. The summed E-state index contributed by atoms with van der Waals surface area (Å²) in [7, 11) is 0.